The van der Waals surface area contributed by atoms with E-state index in [0.29, 0.717) is 40.1 Å². The molecule has 2 N–H and O–H groups in total. The number of carbonyl (C=O) groups excluding carboxylic acids is 2. The van der Waals surface area contributed by atoms with Gasteiger partial charge in [0.05, 0.1) is 22.6 Å². The standard InChI is InChI=1S/C22H24ClN3O2/c23-15-9-12-19-20(14-15)26(22(28)17-6-3-4-7-18(17)25-19)21(27)8-2-1-5-13-24-16-10-11-16/h3-4,6-7,9,12,14,16,24-25H,1-2,5,8,10-11,13H2. The molecule has 28 heavy (non-hydrogen) atoms. The van der Waals surface area contributed by atoms with Crippen molar-refractivity contribution in [3.05, 3.63) is 53.1 Å². The summed E-state index contributed by atoms with van der Waals surface area (Å²) >= 11 is 6.17. The van der Waals surface area contributed by atoms with Crippen LogP contribution in [0.15, 0.2) is 42.5 Å². The van der Waals surface area contributed by atoms with E-state index in [-0.39, 0.29) is 11.8 Å². The second-order valence-electron chi connectivity index (χ2n) is 7.41. The maximum atomic E-state index is 13.2. The SMILES string of the molecule is O=C(CCCCCNC1CC1)N1C(=O)c2ccccc2Nc2ccc(Cl)cc21. The Balaban J connectivity index is 1.49. The second-order valence-corrected chi connectivity index (χ2v) is 7.84. The zero-order valence-corrected chi connectivity index (χ0v) is 16.5. The monoisotopic (exact) mass is 397 g/mol. The van der Waals surface area contributed by atoms with Crippen LogP contribution in [-0.4, -0.2) is 24.4 Å². The van der Waals surface area contributed by atoms with E-state index in [1.54, 1.807) is 30.3 Å². The summed E-state index contributed by atoms with van der Waals surface area (Å²) in [4.78, 5) is 27.5. The minimum absolute atomic E-state index is 0.192. The Morgan fingerprint density at radius 3 is 2.75 bits per heavy atom. The van der Waals surface area contributed by atoms with Crippen molar-refractivity contribution in [2.24, 2.45) is 0 Å². The van der Waals surface area contributed by atoms with Crippen molar-refractivity contribution < 1.29 is 9.59 Å². The van der Waals surface area contributed by atoms with Crippen LogP contribution in [0.3, 0.4) is 0 Å². The molecule has 0 unspecified atom stereocenters. The Labute approximate surface area is 170 Å². The number of nitrogens with zero attached hydrogens (tertiary/aromatic N) is 1. The zero-order valence-electron chi connectivity index (χ0n) is 15.7. The number of unbranched alkanes of at least 4 members (excludes halogenated alkanes) is 2. The highest BCUT2D eigenvalue weighted by Gasteiger charge is 2.31. The van der Waals surface area contributed by atoms with Gasteiger partial charge in [0, 0.05) is 17.5 Å². The number of carbonyl (C=O) groups is 2. The lowest BCUT2D eigenvalue weighted by atomic mass is 10.1. The maximum absolute atomic E-state index is 13.2. The average molecular weight is 398 g/mol. The summed E-state index contributed by atoms with van der Waals surface area (Å²) in [6.07, 6.45) is 5.68. The number of anilines is 3. The smallest absolute Gasteiger partial charge is 0.267 e. The lowest BCUT2D eigenvalue weighted by Crippen LogP contribution is -2.36. The Morgan fingerprint density at radius 2 is 1.93 bits per heavy atom. The van der Waals surface area contributed by atoms with E-state index in [9.17, 15) is 9.59 Å². The Hall–Kier alpha value is -2.37. The molecule has 1 aliphatic heterocycles. The molecule has 6 heteroatoms. The quantitative estimate of drug-likeness (QED) is 0.653. The molecular formula is C22H24ClN3O2. The van der Waals surface area contributed by atoms with Crippen LogP contribution in [0.1, 0.15) is 48.9 Å². The fourth-order valence-electron chi connectivity index (χ4n) is 3.48. The van der Waals surface area contributed by atoms with Gasteiger partial charge < -0.3 is 10.6 Å². The van der Waals surface area contributed by atoms with E-state index >= 15 is 0 Å². The third kappa shape index (κ3) is 4.21. The van der Waals surface area contributed by atoms with Gasteiger partial charge in [0.1, 0.15) is 0 Å². The summed E-state index contributed by atoms with van der Waals surface area (Å²) in [5.74, 6) is -0.508. The van der Waals surface area contributed by atoms with Crippen LogP contribution in [0, 0.1) is 0 Å². The molecular weight excluding hydrogens is 374 g/mol. The van der Waals surface area contributed by atoms with E-state index in [2.05, 4.69) is 10.6 Å². The number of benzene rings is 2. The normalized spacial score (nSPS) is 15.5. The molecule has 2 aromatic rings. The maximum Gasteiger partial charge on any atom is 0.267 e. The van der Waals surface area contributed by atoms with Gasteiger partial charge in [-0.2, -0.15) is 0 Å². The number of para-hydroxylation sites is 1. The first-order valence-corrected chi connectivity index (χ1v) is 10.3. The fourth-order valence-corrected chi connectivity index (χ4v) is 3.65. The van der Waals surface area contributed by atoms with Gasteiger partial charge in [0.15, 0.2) is 0 Å². The molecule has 0 bridgehead atoms. The van der Waals surface area contributed by atoms with Crippen molar-refractivity contribution in [2.75, 3.05) is 16.8 Å². The number of hydrogen-bond donors (Lipinski definition) is 2. The van der Waals surface area contributed by atoms with Crippen molar-refractivity contribution in [2.45, 2.75) is 44.6 Å². The predicted molar refractivity (Wildman–Crippen MR) is 112 cm³/mol. The molecule has 2 aromatic carbocycles. The van der Waals surface area contributed by atoms with Crippen LogP contribution in [0.2, 0.25) is 5.02 Å². The second kappa shape index (κ2) is 8.33. The molecule has 1 heterocycles. The molecule has 0 spiro atoms. The highest BCUT2D eigenvalue weighted by atomic mass is 35.5. The van der Waals surface area contributed by atoms with Crippen molar-refractivity contribution >= 4 is 40.5 Å². The van der Waals surface area contributed by atoms with Crippen molar-refractivity contribution in [3.8, 4) is 0 Å². The molecule has 1 saturated carbocycles. The Kier molecular flexibility index (Phi) is 5.64. The van der Waals surface area contributed by atoms with E-state index in [4.69, 9.17) is 11.6 Å². The van der Waals surface area contributed by atoms with Crippen LogP contribution >= 0.6 is 11.6 Å². The third-order valence-electron chi connectivity index (χ3n) is 5.16. The first kappa shape index (κ1) is 19.0. The lowest BCUT2D eigenvalue weighted by molar-refractivity contribution is -0.118. The van der Waals surface area contributed by atoms with E-state index in [0.717, 1.165) is 25.8 Å². The number of rotatable bonds is 7. The van der Waals surface area contributed by atoms with Crippen LogP contribution in [0.25, 0.3) is 0 Å². The van der Waals surface area contributed by atoms with Crippen LogP contribution < -0.4 is 15.5 Å². The van der Waals surface area contributed by atoms with Crippen molar-refractivity contribution in [1.29, 1.82) is 0 Å². The average Bonchev–Trinajstić information content (AvgIpc) is 3.52. The molecule has 2 amide bonds. The highest BCUT2D eigenvalue weighted by Crippen LogP contribution is 2.37. The summed E-state index contributed by atoms with van der Waals surface area (Å²) in [6, 6.07) is 13.2. The number of nitrogens with one attached hydrogen (secondary N) is 2. The summed E-state index contributed by atoms with van der Waals surface area (Å²) in [7, 11) is 0. The van der Waals surface area contributed by atoms with Gasteiger partial charge in [0.25, 0.3) is 5.91 Å². The molecule has 1 aliphatic carbocycles. The van der Waals surface area contributed by atoms with Crippen LogP contribution in [-0.2, 0) is 4.79 Å². The molecule has 0 saturated heterocycles. The number of hydrogen-bond acceptors (Lipinski definition) is 4. The third-order valence-corrected chi connectivity index (χ3v) is 5.39. The van der Waals surface area contributed by atoms with Gasteiger partial charge in [-0.3, -0.25) is 9.59 Å². The molecule has 146 valence electrons. The predicted octanol–water partition coefficient (Wildman–Crippen LogP) is 4.88. The highest BCUT2D eigenvalue weighted by molar-refractivity contribution is 6.32. The summed E-state index contributed by atoms with van der Waals surface area (Å²) < 4.78 is 0. The lowest BCUT2D eigenvalue weighted by Gasteiger charge is -2.21. The summed E-state index contributed by atoms with van der Waals surface area (Å²) in [5.41, 5.74) is 2.38. The number of imide groups is 1. The molecule has 4 rings (SSSR count). The minimum atomic E-state index is -0.315. The molecule has 0 aromatic heterocycles. The minimum Gasteiger partial charge on any atom is -0.353 e. The number of halogens is 1. The number of fused-ring (bicyclic) bond motifs is 2. The van der Waals surface area contributed by atoms with Gasteiger partial charge in [-0.25, -0.2) is 4.90 Å². The summed E-state index contributed by atoms with van der Waals surface area (Å²) in [5, 5.41) is 7.23. The first-order chi connectivity index (χ1) is 13.6. The van der Waals surface area contributed by atoms with Crippen molar-refractivity contribution in [1.82, 2.24) is 5.32 Å². The van der Waals surface area contributed by atoms with E-state index < -0.39 is 0 Å². The molecule has 5 nitrogen and oxygen atoms in total. The van der Waals surface area contributed by atoms with E-state index in [1.165, 1.54) is 17.7 Å². The van der Waals surface area contributed by atoms with Gasteiger partial charge in [-0.1, -0.05) is 30.2 Å². The zero-order chi connectivity index (χ0) is 19.5. The van der Waals surface area contributed by atoms with Gasteiger partial charge >= 0.3 is 0 Å². The van der Waals surface area contributed by atoms with Gasteiger partial charge in [0.2, 0.25) is 5.91 Å². The largest absolute Gasteiger partial charge is 0.353 e. The molecule has 1 fully saturated rings. The molecule has 0 radical (unpaired) electrons. The Bertz CT molecular complexity index is 895. The van der Waals surface area contributed by atoms with E-state index in [1.807, 2.05) is 12.1 Å². The fraction of sp³-hybridized carbons (Fsp3) is 0.364. The van der Waals surface area contributed by atoms with Crippen LogP contribution in [0.5, 0.6) is 0 Å². The summed E-state index contributed by atoms with van der Waals surface area (Å²) in [6.45, 7) is 0.997. The van der Waals surface area contributed by atoms with Crippen LogP contribution in [0.4, 0.5) is 17.1 Å². The Morgan fingerprint density at radius 1 is 1.11 bits per heavy atom. The topological polar surface area (TPSA) is 61.4 Å². The molecule has 0 atom stereocenters. The van der Waals surface area contributed by atoms with Crippen molar-refractivity contribution in [3.63, 3.8) is 0 Å². The van der Waals surface area contributed by atoms with Gasteiger partial charge in [-0.05, 0) is 62.6 Å². The molecule has 2 aliphatic rings. The first-order valence-electron chi connectivity index (χ1n) is 9.90. The van der Waals surface area contributed by atoms with Gasteiger partial charge in [-0.15, -0.1) is 0 Å². The number of amides is 2.